The fourth-order valence-corrected chi connectivity index (χ4v) is 7.49. The van der Waals surface area contributed by atoms with Crippen molar-refractivity contribution in [3.63, 3.8) is 0 Å². The first-order valence-corrected chi connectivity index (χ1v) is 13.1. The Morgan fingerprint density at radius 2 is 1.86 bits per heavy atom. The maximum atomic E-state index is 11.1. The molecule has 5 rings (SSSR count). The summed E-state index contributed by atoms with van der Waals surface area (Å²) in [6.07, 6.45) is 3.11. The summed E-state index contributed by atoms with van der Waals surface area (Å²) < 4.78 is 18.4. The third kappa shape index (κ3) is 4.40. The van der Waals surface area contributed by atoms with E-state index in [-0.39, 0.29) is 47.1 Å². The quantitative estimate of drug-likeness (QED) is 0.573. The van der Waals surface area contributed by atoms with Gasteiger partial charge in [-0.3, -0.25) is 4.79 Å². The predicted octanol–water partition coefficient (Wildman–Crippen LogP) is 3.47. The van der Waals surface area contributed by atoms with E-state index in [2.05, 4.69) is 58.8 Å². The number of hydrogen-bond acceptors (Lipinski definition) is 7. The van der Waals surface area contributed by atoms with Crippen molar-refractivity contribution in [1.82, 2.24) is 10.2 Å². The normalized spacial score (nSPS) is 32.7. The number of aromatic hydroxyl groups is 1. The number of methoxy groups -OCH3 is 1. The Morgan fingerprint density at radius 1 is 1.19 bits per heavy atom. The summed E-state index contributed by atoms with van der Waals surface area (Å²) >= 11 is 0. The second-order valence-corrected chi connectivity index (χ2v) is 12.7. The highest BCUT2D eigenvalue weighted by Gasteiger charge is 2.73. The number of phenolic OH excluding ortho intramolecular Hbond substituents is 1. The molecule has 4 aliphatic rings. The van der Waals surface area contributed by atoms with Gasteiger partial charge in [-0.2, -0.15) is 0 Å². The van der Waals surface area contributed by atoms with E-state index >= 15 is 0 Å². The smallest absolute Gasteiger partial charge is 0.317 e. The molecule has 2 fully saturated rings. The van der Waals surface area contributed by atoms with Crippen molar-refractivity contribution in [2.24, 2.45) is 0 Å². The SMILES string of the molecule is CC(C)(C)OC(C)(C)C.CO[C@@]12CC[C@@H](NCC(=O)O)[C@@H]3Oc4c(O)ccc5c4[C@@]31CCN(C)[C@@H]2C5. The number of nitrogens with zero attached hydrogens (tertiary/aromatic N) is 1. The number of nitrogens with one attached hydrogen (secondary N) is 1. The van der Waals surface area contributed by atoms with Gasteiger partial charge in [0.1, 0.15) is 6.10 Å². The van der Waals surface area contributed by atoms with E-state index in [0.29, 0.717) is 5.75 Å². The number of hydrogen-bond donors (Lipinski definition) is 3. The molecular weight excluding hydrogens is 460 g/mol. The maximum absolute atomic E-state index is 11.1. The standard InChI is InChI=1S/C20H26N2O5.C8H18O/c1-22-8-7-19-16-11-3-4-13(23)17(16)27-18(19)12(21-10-15(24)25)5-6-20(19,26-2)14(22)9-11;1-7(2,3)9-8(4,5)6/h3-4,12,14,18,21,23H,5-10H2,1-2H3,(H,24,25);1-6H3/t12-,14-,18+,19+,20-;/m1./s1. The van der Waals surface area contributed by atoms with Crippen LogP contribution in [0, 0.1) is 0 Å². The zero-order valence-electron chi connectivity index (χ0n) is 23.1. The summed E-state index contributed by atoms with van der Waals surface area (Å²) in [6.45, 7) is 13.2. The molecule has 2 heterocycles. The van der Waals surface area contributed by atoms with Gasteiger partial charge in [0.2, 0.25) is 0 Å². The number of phenols is 1. The Labute approximate surface area is 215 Å². The molecule has 0 aromatic heterocycles. The molecule has 2 aliphatic heterocycles. The maximum Gasteiger partial charge on any atom is 0.317 e. The lowest BCUT2D eigenvalue weighted by atomic mass is 9.48. The van der Waals surface area contributed by atoms with Gasteiger partial charge in [0, 0.05) is 24.8 Å². The largest absolute Gasteiger partial charge is 0.504 e. The van der Waals surface area contributed by atoms with Gasteiger partial charge < -0.3 is 34.6 Å². The van der Waals surface area contributed by atoms with E-state index in [1.54, 1.807) is 13.2 Å². The molecule has 1 aromatic rings. The van der Waals surface area contributed by atoms with Crippen LogP contribution >= 0.6 is 0 Å². The number of carboxylic acids is 1. The highest BCUT2D eigenvalue weighted by molar-refractivity contribution is 5.69. The first-order chi connectivity index (χ1) is 16.6. The van der Waals surface area contributed by atoms with Gasteiger partial charge in [0.05, 0.1) is 28.8 Å². The van der Waals surface area contributed by atoms with Crippen molar-refractivity contribution in [2.75, 3.05) is 27.2 Å². The minimum Gasteiger partial charge on any atom is -0.504 e. The molecule has 0 radical (unpaired) electrons. The van der Waals surface area contributed by atoms with Crippen LogP contribution in [0.5, 0.6) is 11.5 Å². The summed E-state index contributed by atoms with van der Waals surface area (Å²) in [5.74, 6) is -0.136. The van der Waals surface area contributed by atoms with Gasteiger partial charge in [-0.1, -0.05) is 6.07 Å². The fourth-order valence-electron chi connectivity index (χ4n) is 7.49. The van der Waals surface area contributed by atoms with Crippen LogP contribution in [0.25, 0.3) is 0 Å². The molecule has 0 amide bonds. The van der Waals surface area contributed by atoms with E-state index in [1.165, 1.54) is 5.56 Å². The highest BCUT2D eigenvalue weighted by atomic mass is 16.5. The molecular formula is C28H44N2O6. The summed E-state index contributed by atoms with van der Waals surface area (Å²) in [7, 11) is 3.95. The Hall–Kier alpha value is -1.87. The van der Waals surface area contributed by atoms with Crippen molar-refractivity contribution < 1.29 is 29.2 Å². The molecule has 1 saturated heterocycles. The molecule has 0 unspecified atom stereocenters. The van der Waals surface area contributed by atoms with Gasteiger partial charge in [-0.25, -0.2) is 0 Å². The number of carboxylic acid groups (broad SMARTS) is 1. The zero-order valence-corrected chi connectivity index (χ0v) is 23.1. The predicted molar refractivity (Wildman–Crippen MR) is 138 cm³/mol. The van der Waals surface area contributed by atoms with Crippen molar-refractivity contribution in [2.45, 2.75) is 108 Å². The van der Waals surface area contributed by atoms with Crippen LogP contribution in [0.15, 0.2) is 12.1 Å². The van der Waals surface area contributed by atoms with Crippen molar-refractivity contribution >= 4 is 5.97 Å². The monoisotopic (exact) mass is 504 g/mol. The number of benzene rings is 1. The topological polar surface area (TPSA) is 100 Å². The molecule has 202 valence electrons. The molecule has 5 atom stereocenters. The van der Waals surface area contributed by atoms with E-state index in [4.69, 9.17) is 19.3 Å². The van der Waals surface area contributed by atoms with Gasteiger partial charge in [-0.05, 0) is 92.4 Å². The van der Waals surface area contributed by atoms with E-state index in [1.807, 2.05) is 6.07 Å². The molecule has 8 nitrogen and oxygen atoms in total. The minimum atomic E-state index is -0.875. The molecule has 2 bridgehead atoms. The van der Waals surface area contributed by atoms with Gasteiger partial charge in [0.15, 0.2) is 11.5 Å². The van der Waals surface area contributed by atoms with Gasteiger partial charge in [0.25, 0.3) is 0 Å². The third-order valence-electron chi connectivity index (χ3n) is 8.18. The summed E-state index contributed by atoms with van der Waals surface area (Å²) in [5, 5.41) is 22.9. The summed E-state index contributed by atoms with van der Waals surface area (Å²) in [4.78, 5) is 13.5. The zero-order chi connectivity index (χ0) is 26.7. The molecule has 8 heteroatoms. The molecule has 1 spiro atoms. The lowest BCUT2D eigenvalue weighted by molar-refractivity contribution is -0.203. The number of likely N-dealkylation sites (tertiary alicyclic amines) is 1. The van der Waals surface area contributed by atoms with Crippen LogP contribution in [0.1, 0.15) is 71.9 Å². The summed E-state index contributed by atoms with van der Waals surface area (Å²) in [6, 6.07) is 3.89. The Bertz CT molecular complexity index is 987. The average molecular weight is 505 g/mol. The highest BCUT2D eigenvalue weighted by Crippen LogP contribution is 2.66. The third-order valence-corrected chi connectivity index (χ3v) is 8.18. The molecule has 3 N–H and O–H groups in total. The van der Waals surface area contributed by atoms with Crippen molar-refractivity contribution in [1.29, 1.82) is 0 Å². The number of aliphatic carboxylic acids is 1. The summed E-state index contributed by atoms with van der Waals surface area (Å²) in [5.41, 5.74) is 1.53. The van der Waals surface area contributed by atoms with Crippen LogP contribution in [0.2, 0.25) is 0 Å². The van der Waals surface area contributed by atoms with E-state index < -0.39 is 11.6 Å². The Balaban J connectivity index is 0.000000292. The molecule has 1 aromatic carbocycles. The van der Waals surface area contributed by atoms with Crippen LogP contribution in [0.3, 0.4) is 0 Å². The fraction of sp³-hybridized carbons (Fsp3) is 0.750. The van der Waals surface area contributed by atoms with Crippen LogP contribution < -0.4 is 10.1 Å². The lowest BCUT2D eigenvalue weighted by Crippen LogP contribution is -2.78. The van der Waals surface area contributed by atoms with Gasteiger partial charge in [-0.15, -0.1) is 0 Å². The number of piperidine rings is 1. The number of ether oxygens (including phenoxy) is 3. The van der Waals surface area contributed by atoms with Crippen LogP contribution in [-0.2, 0) is 26.1 Å². The van der Waals surface area contributed by atoms with E-state index in [0.717, 1.165) is 37.8 Å². The van der Waals surface area contributed by atoms with Crippen LogP contribution in [-0.4, -0.2) is 83.3 Å². The number of carbonyl (C=O) groups is 1. The molecule has 2 aliphatic carbocycles. The Kier molecular flexibility index (Phi) is 6.91. The first-order valence-electron chi connectivity index (χ1n) is 13.1. The average Bonchev–Trinajstić information content (AvgIpc) is 3.10. The Morgan fingerprint density at radius 3 is 2.42 bits per heavy atom. The van der Waals surface area contributed by atoms with Crippen molar-refractivity contribution in [3.05, 3.63) is 23.3 Å². The van der Waals surface area contributed by atoms with E-state index in [9.17, 15) is 9.90 Å². The van der Waals surface area contributed by atoms with Crippen LogP contribution in [0.4, 0.5) is 0 Å². The van der Waals surface area contributed by atoms with Gasteiger partial charge >= 0.3 is 5.97 Å². The first kappa shape index (κ1) is 27.2. The molecule has 36 heavy (non-hydrogen) atoms. The second kappa shape index (κ2) is 9.15. The molecule has 1 saturated carbocycles. The number of rotatable bonds is 4. The second-order valence-electron chi connectivity index (χ2n) is 12.7. The lowest BCUT2D eigenvalue weighted by Gasteiger charge is -2.65. The minimum absolute atomic E-state index is 0.0156. The van der Waals surface area contributed by atoms with Crippen molar-refractivity contribution in [3.8, 4) is 11.5 Å². The number of likely N-dealkylation sites (N-methyl/N-ethyl adjacent to an activating group) is 1.